The molecule has 0 atom stereocenters. The lowest BCUT2D eigenvalue weighted by atomic mass is 10.2. The lowest BCUT2D eigenvalue weighted by Gasteiger charge is -2.04. The van der Waals surface area contributed by atoms with Gasteiger partial charge >= 0.3 is 0 Å². The fourth-order valence-electron chi connectivity index (χ4n) is 1.13. The fraction of sp³-hybridized carbons (Fsp3) is 0.273. The van der Waals surface area contributed by atoms with E-state index in [0.29, 0.717) is 6.54 Å². The van der Waals surface area contributed by atoms with Crippen LogP contribution in [0, 0.1) is 15.9 Å². The summed E-state index contributed by atoms with van der Waals surface area (Å²) in [4.78, 5) is 9.75. The summed E-state index contributed by atoms with van der Waals surface area (Å²) in [5.41, 5.74) is 1.14. The Morgan fingerprint density at radius 3 is 2.75 bits per heavy atom. The van der Waals surface area contributed by atoms with Crippen molar-refractivity contribution >= 4 is 11.4 Å². The van der Waals surface area contributed by atoms with Crippen molar-refractivity contribution in [3.05, 3.63) is 45.8 Å². The maximum Gasteiger partial charge on any atom is 0.272 e. The fourth-order valence-corrected chi connectivity index (χ4v) is 1.13. The van der Waals surface area contributed by atoms with E-state index < -0.39 is 10.7 Å². The van der Waals surface area contributed by atoms with Crippen LogP contribution < -0.4 is 5.32 Å². The number of allylic oxidation sites excluding steroid dienone is 1. The Labute approximate surface area is 92.9 Å². The van der Waals surface area contributed by atoms with Crippen LogP contribution in [0.1, 0.15) is 13.8 Å². The van der Waals surface area contributed by atoms with Crippen molar-refractivity contribution in [1.82, 2.24) is 0 Å². The number of nitrogens with zero attached hydrogens (tertiary/aromatic N) is 1. The van der Waals surface area contributed by atoms with Crippen LogP contribution in [-0.2, 0) is 0 Å². The van der Waals surface area contributed by atoms with E-state index in [-0.39, 0.29) is 11.4 Å². The van der Waals surface area contributed by atoms with Crippen molar-refractivity contribution in [3.8, 4) is 0 Å². The zero-order valence-corrected chi connectivity index (χ0v) is 9.16. The number of anilines is 1. The number of halogens is 1. The maximum atomic E-state index is 13.3. The molecule has 0 aliphatic carbocycles. The molecule has 1 aromatic rings. The topological polar surface area (TPSA) is 55.2 Å². The molecule has 1 N–H and O–H groups in total. The molecule has 4 nitrogen and oxygen atoms in total. The molecule has 0 aliphatic heterocycles. The molecule has 0 aliphatic rings. The minimum atomic E-state index is -0.622. The third-order valence-electron chi connectivity index (χ3n) is 1.97. The minimum Gasteiger partial charge on any atom is -0.379 e. The third-order valence-corrected chi connectivity index (χ3v) is 1.97. The molecule has 1 rings (SSSR count). The second kappa shape index (κ2) is 5.25. The zero-order valence-electron chi connectivity index (χ0n) is 9.16. The lowest BCUT2D eigenvalue weighted by molar-refractivity contribution is -0.385. The van der Waals surface area contributed by atoms with Gasteiger partial charge in [-0.1, -0.05) is 11.6 Å². The Kier molecular flexibility index (Phi) is 3.99. The standard InChI is InChI=1S/C11H13FN2O2/c1-8(2)5-6-13-11-4-3-9(14(15)16)7-10(11)12/h3-5,7,13H,6H2,1-2H3. The second-order valence-electron chi connectivity index (χ2n) is 3.58. The number of nitro groups is 1. The average Bonchev–Trinajstić information content (AvgIpc) is 2.19. The van der Waals surface area contributed by atoms with Gasteiger partial charge in [-0.2, -0.15) is 0 Å². The summed E-state index contributed by atoms with van der Waals surface area (Å²) in [6.07, 6.45) is 1.90. The van der Waals surface area contributed by atoms with Crippen molar-refractivity contribution in [2.45, 2.75) is 13.8 Å². The van der Waals surface area contributed by atoms with E-state index in [4.69, 9.17) is 0 Å². The van der Waals surface area contributed by atoms with E-state index in [2.05, 4.69) is 5.32 Å². The van der Waals surface area contributed by atoms with E-state index in [1.807, 2.05) is 19.9 Å². The Morgan fingerprint density at radius 2 is 2.25 bits per heavy atom. The van der Waals surface area contributed by atoms with Gasteiger partial charge in [0, 0.05) is 12.6 Å². The van der Waals surface area contributed by atoms with Crippen LogP contribution in [0.2, 0.25) is 0 Å². The molecular formula is C11H13FN2O2. The van der Waals surface area contributed by atoms with Gasteiger partial charge in [-0.15, -0.1) is 0 Å². The Balaban J connectivity index is 2.75. The van der Waals surface area contributed by atoms with Crippen molar-refractivity contribution in [2.24, 2.45) is 0 Å². The molecule has 5 heteroatoms. The first-order valence-corrected chi connectivity index (χ1v) is 4.82. The van der Waals surface area contributed by atoms with E-state index in [0.717, 1.165) is 11.6 Å². The van der Waals surface area contributed by atoms with E-state index in [1.165, 1.54) is 12.1 Å². The van der Waals surface area contributed by atoms with Crippen molar-refractivity contribution in [3.63, 3.8) is 0 Å². The van der Waals surface area contributed by atoms with Crippen LogP contribution in [0.15, 0.2) is 29.8 Å². The summed E-state index contributed by atoms with van der Waals surface area (Å²) in [7, 11) is 0. The van der Waals surface area contributed by atoms with Crippen LogP contribution in [0.3, 0.4) is 0 Å². The first-order valence-electron chi connectivity index (χ1n) is 4.82. The van der Waals surface area contributed by atoms with Gasteiger partial charge in [0.25, 0.3) is 5.69 Å². The lowest BCUT2D eigenvalue weighted by Crippen LogP contribution is -2.01. The Bertz CT molecular complexity index is 426. The summed E-state index contributed by atoms with van der Waals surface area (Å²) < 4.78 is 13.3. The predicted octanol–water partition coefficient (Wildman–Crippen LogP) is 3.11. The predicted molar refractivity (Wildman–Crippen MR) is 61.0 cm³/mol. The number of hydrogen-bond acceptors (Lipinski definition) is 3. The molecule has 0 heterocycles. The molecule has 86 valence electrons. The van der Waals surface area contributed by atoms with Crippen LogP contribution in [0.25, 0.3) is 0 Å². The average molecular weight is 224 g/mol. The largest absolute Gasteiger partial charge is 0.379 e. The van der Waals surface area contributed by atoms with Crippen LogP contribution in [-0.4, -0.2) is 11.5 Å². The summed E-state index contributed by atoms with van der Waals surface area (Å²) in [6, 6.07) is 3.55. The van der Waals surface area contributed by atoms with E-state index in [9.17, 15) is 14.5 Å². The number of hydrogen-bond donors (Lipinski definition) is 1. The molecule has 0 saturated carbocycles. The van der Waals surface area contributed by atoms with Gasteiger partial charge in [-0.25, -0.2) is 4.39 Å². The molecule has 16 heavy (non-hydrogen) atoms. The highest BCUT2D eigenvalue weighted by atomic mass is 19.1. The number of nitro benzene ring substituents is 1. The highest BCUT2D eigenvalue weighted by Crippen LogP contribution is 2.20. The number of rotatable bonds is 4. The third kappa shape index (κ3) is 3.34. The Morgan fingerprint density at radius 1 is 1.56 bits per heavy atom. The monoisotopic (exact) mass is 224 g/mol. The van der Waals surface area contributed by atoms with Gasteiger partial charge in [0.05, 0.1) is 16.7 Å². The molecule has 0 radical (unpaired) electrons. The normalized spacial score (nSPS) is 9.69. The smallest absolute Gasteiger partial charge is 0.272 e. The van der Waals surface area contributed by atoms with E-state index in [1.54, 1.807) is 0 Å². The molecule has 0 amide bonds. The zero-order chi connectivity index (χ0) is 12.1. The summed E-state index contributed by atoms with van der Waals surface area (Å²) in [5.74, 6) is -0.614. The first kappa shape index (κ1) is 12.2. The van der Waals surface area contributed by atoms with Crippen molar-refractivity contribution in [2.75, 3.05) is 11.9 Å². The first-order chi connectivity index (χ1) is 7.50. The van der Waals surface area contributed by atoms with E-state index >= 15 is 0 Å². The minimum absolute atomic E-state index is 0.245. The molecular weight excluding hydrogens is 211 g/mol. The Hall–Kier alpha value is -1.91. The van der Waals surface area contributed by atoms with Gasteiger partial charge in [0.2, 0.25) is 0 Å². The molecule has 0 fully saturated rings. The number of benzene rings is 1. The highest BCUT2D eigenvalue weighted by Gasteiger charge is 2.09. The molecule has 0 aromatic heterocycles. The van der Waals surface area contributed by atoms with Gasteiger partial charge in [-0.3, -0.25) is 10.1 Å². The highest BCUT2D eigenvalue weighted by molar-refractivity contribution is 5.50. The van der Waals surface area contributed by atoms with Crippen LogP contribution >= 0.6 is 0 Å². The molecule has 0 unspecified atom stereocenters. The van der Waals surface area contributed by atoms with Crippen LogP contribution in [0.5, 0.6) is 0 Å². The summed E-state index contributed by atoms with van der Waals surface area (Å²) >= 11 is 0. The quantitative estimate of drug-likeness (QED) is 0.485. The molecule has 1 aromatic carbocycles. The molecule has 0 saturated heterocycles. The van der Waals surface area contributed by atoms with Gasteiger partial charge in [-0.05, 0) is 19.9 Å². The summed E-state index contributed by atoms with van der Waals surface area (Å²) in [6.45, 7) is 4.37. The molecule has 0 bridgehead atoms. The number of non-ortho nitro benzene ring substituents is 1. The summed E-state index contributed by atoms with van der Waals surface area (Å²) in [5, 5.41) is 13.2. The SMILES string of the molecule is CC(C)=CCNc1ccc([N+](=O)[O-])cc1F. The van der Waals surface area contributed by atoms with Gasteiger partial charge in [0.1, 0.15) is 0 Å². The maximum absolute atomic E-state index is 13.3. The van der Waals surface area contributed by atoms with Gasteiger partial charge in [0.15, 0.2) is 5.82 Å². The van der Waals surface area contributed by atoms with Crippen molar-refractivity contribution in [1.29, 1.82) is 0 Å². The van der Waals surface area contributed by atoms with Gasteiger partial charge < -0.3 is 5.32 Å². The molecule has 0 spiro atoms. The number of nitrogens with one attached hydrogen (secondary N) is 1. The second-order valence-corrected chi connectivity index (χ2v) is 3.58. The van der Waals surface area contributed by atoms with Crippen molar-refractivity contribution < 1.29 is 9.31 Å². The van der Waals surface area contributed by atoms with Crippen LogP contribution in [0.4, 0.5) is 15.8 Å².